The molecule has 0 aromatic heterocycles. The van der Waals surface area contributed by atoms with Crippen LogP contribution >= 0.6 is 0 Å². The first kappa shape index (κ1) is 13.3. The summed E-state index contributed by atoms with van der Waals surface area (Å²) in [5.74, 6) is -0.929. The third-order valence-electron chi connectivity index (χ3n) is 2.91. The molecule has 1 heterocycles. The molecule has 0 aliphatic carbocycles. The molecule has 1 aliphatic rings. The van der Waals surface area contributed by atoms with E-state index in [1.54, 1.807) is 14.1 Å². The minimum absolute atomic E-state index is 0.0332. The van der Waals surface area contributed by atoms with E-state index in [1.165, 1.54) is 23.1 Å². The van der Waals surface area contributed by atoms with Gasteiger partial charge in [-0.1, -0.05) is 6.07 Å². The Morgan fingerprint density at radius 2 is 2.21 bits per heavy atom. The molecule has 1 aliphatic heterocycles. The van der Waals surface area contributed by atoms with Crippen molar-refractivity contribution in [2.75, 3.05) is 20.7 Å². The van der Waals surface area contributed by atoms with E-state index >= 15 is 0 Å². The van der Waals surface area contributed by atoms with Crippen LogP contribution in [0.4, 0.5) is 9.18 Å². The van der Waals surface area contributed by atoms with Gasteiger partial charge in [0, 0.05) is 20.5 Å². The number of ether oxygens (including phenoxy) is 1. The molecule has 0 spiro atoms. The average Bonchev–Trinajstić information content (AvgIpc) is 2.52. The number of urea groups is 1. The summed E-state index contributed by atoms with van der Waals surface area (Å²) >= 11 is 0. The van der Waals surface area contributed by atoms with Crippen molar-refractivity contribution >= 4 is 11.8 Å². The molecule has 1 atom stereocenters. The fraction of sp³-hybridized carbons (Fsp3) is 0.385. The summed E-state index contributed by atoms with van der Waals surface area (Å²) in [5, 5.41) is 2.60. The number of benzene rings is 1. The van der Waals surface area contributed by atoms with E-state index in [4.69, 9.17) is 4.74 Å². The van der Waals surface area contributed by atoms with Crippen molar-refractivity contribution in [3.05, 3.63) is 29.6 Å². The predicted molar refractivity (Wildman–Crippen MR) is 66.8 cm³/mol. The van der Waals surface area contributed by atoms with E-state index in [2.05, 4.69) is 5.32 Å². The number of nitrogens with zero attached hydrogens (tertiary/aromatic N) is 1. The van der Waals surface area contributed by atoms with Gasteiger partial charge in [-0.2, -0.15) is 0 Å². The number of hydrogen-bond donors (Lipinski definition) is 1. The first-order chi connectivity index (χ1) is 9.00. The maximum absolute atomic E-state index is 13.6. The third-order valence-corrected chi connectivity index (χ3v) is 2.91. The number of fused-ring (bicyclic) bond motifs is 1. The lowest BCUT2D eigenvalue weighted by atomic mass is 10.0. The Kier molecular flexibility index (Phi) is 3.69. The van der Waals surface area contributed by atoms with E-state index in [0.29, 0.717) is 6.42 Å². The van der Waals surface area contributed by atoms with Crippen LogP contribution in [0.25, 0.3) is 0 Å². The van der Waals surface area contributed by atoms with Crippen LogP contribution in [0.1, 0.15) is 16.8 Å². The second-order valence-corrected chi connectivity index (χ2v) is 4.51. The minimum Gasteiger partial charge on any atom is -0.490 e. The highest BCUT2D eigenvalue weighted by molar-refractivity contribution is 6.04. The van der Waals surface area contributed by atoms with Gasteiger partial charge in [-0.25, -0.2) is 9.18 Å². The van der Waals surface area contributed by atoms with E-state index in [0.717, 1.165) is 0 Å². The van der Waals surface area contributed by atoms with Gasteiger partial charge >= 0.3 is 6.03 Å². The second-order valence-electron chi connectivity index (χ2n) is 4.51. The largest absolute Gasteiger partial charge is 0.490 e. The van der Waals surface area contributed by atoms with Crippen molar-refractivity contribution < 1.29 is 18.7 Å². The molecule has 0 fully saturated rings. The zero-order chi connectivity index (χ0) is 14.0. The normalized spacial score (nSPS) is 18.1. The van der Waals surface area contributed by atoms with Crippen LogP contribution in [0.5, 0.6) is 5.75 Å². The van der Waals surface area contributed by atoms with Crippen molar-refractivity contribution in [2.45, 2.75) is 12.5 Å². The van der Waals surface area contributed by atoms with E-state index in [9.17, 15) is 14.0 Å². The molecule has 1 aromatic carbocycles. The average molecular weight is 266 g/mol. The van der Waals surface area contributed by atoms with E-state index in [1.807, 2.05) is 0 Å². The maximum atomic E-state index is 13.6. The van der Waals surface area contributed by atoms with Gasteiger partial charge in [-0.05, 0) is 12.1 Å². The number of amides is 2. The van der Waals surface area contributed by atoms with Gasteiger partial charge in [-0.15, -0.1) is 0 Å². The topological polar surface area (TPSA) is 58.6 Å². The quantitative estimate of drug-likeness (QED) is 0.836. The fourth-order valence-corrected chi connectivity index (χ4v) is 1.86. The summed E-state index contributed by atoms with van der Waals surface area (Å²) in [6, 6.07) is 3.13. The first-order valence-electron chi connectivity index (χ1n) is 5.94. The van der Waals surface area contributed by atoms with Crippen molar-refractivity contribution in [3.63, 3.8) is 0 Å². The van der Waals surface area contributed by atoms with Crippen LogP contribution in [-0.2, 0) is 0 Å². The van der Waals surface area contributed by atoms with Gasteiger partial charge in [0.1, 0.15) is 0 Å². The molecule has 102 valence electrons. The number of halogens is 1. The lowest BCUT2D eigenvalue weighted by molar-refractivity contribution is 0.0940. The molecule has 0 saturated heterocycles. The Bertz CT molecular complexity index is 517. The van der Waals surface area contributed by atoms with Crippen molar-refractivity contribution in [3.8, 4) is 5.75 Å². The molecule has 2 amide bonds. The standard InChI is InChI=1S/C13H15FN2O3/c1-16(2)13(18)15-10-6-7-19-12-8(11(10)17)4-3-5-9(12)14/h3-5,10H,6-7H2,1-2H3,(H,15,18). The molecule has 1 unspecified atom stereocenters. The van der Waals surface area contributed by atoms with Gasteiger partial charge in [0.25, 0.3) is 0 Å². The molecule has 1 N–H and O–H groups in total. The first-order valence-corrected chi connectivity index (χ1v) is 5.94. The van der Waals surface area contributed by atoms with E-state index in [-0.39, 0.29) is 29.7 Å². The zero-order valence-electron chi connectivity index (χ0n) is 10.8. The van der Waals surface area contributed by atoms with Crippen LogP contribution in [-0.4, -0.2) is 43.5 Å². The Hall–Kier alpha value is -2.11. The van der Waals surface area contributed by atoms with Crippen LogP contribution < -0.4 is 10.1 Å². The van der Waals surface area contributed by atoms with Crippen LogP contribution in [0.15, 0.2) is 18.2 Å². The smallest absolute Gasteiger partial charge is 0.317 e. The highest BCUT2D eigenvalue weighted by Crippen LogP contribution is 2.27. The number of nitrogens with one attached hydrogen (secondary N) is 1. The number of para-hydroxylation sites is 1. The van der Waals surface area contributed by atoms with Crippen molar-refractivity contribution in [1.82, 2.24) is 10.2 Å². The molecule has 6 heteroatoms. The Morgan fingerprint density at radius 1 is 1.47 bits per heavy atom. The molecule has 2 rings (SSSR count). The monoisotopic (exact) mass is 266 g/mol. The zero-order valence-corrected chi connectivity index (χ0v) is 10.8. The Labute approximate surface area is 110 Å². The van der Waals surface area contributed by atoms with Gasteiger partial charge in [0.15, 0.2) is 17.3 Å². The summed E-state index contributed by atoms with van der Waals surface area (Å²) in [7, 11) is 3.17. The Balaban J connectivity index is 2.26. The number of rotatable bonds is 1. The van der Waals surface area contributed by atoms with Crippen LogP contribution in [0.2, 0.25) is 0 Å². The SMILES string of the molecule is CN(C)C(=O)NC1CCOc2c(F)cccc2C1=O. The maximum Gasteiger partial charge on any atom is 0.317 e. The van der Waals surface area contributed by atoms with Gasteiger partial charge in [-0.3, -0.25) is 4.79 Å². The highest BCUT2D eigenvalue weighted by Gasteiger charge is 2.29. The second kappa shape index (κ2) is 5.26. The van der Waals surface area contributed by atoms with Crippen molar-refractivity contribution in [1.29, 1.82) is 0 Å². The minimum atomic E-state index is -0.696. The molecular weight excluding hydrogens is 251 g/mol. The number of ketones is 1. The molecule has 0 radical (unpaired) electrons. The molecule has 19 heavy (non-hydrogen) atoms. The number of Topliss-reactive ketones (excluding diaryl/α,β-unsaturated/α-hetero) is 1. The third kappa shape index (κ3) is 2.67. The molecule has 0 bridgehead atoms. The van der Waals surface area contributed by atoms with E-state index < -0.39 is 11.9 Å². The molecular formula is C13H15FN2O3. The number of carbonyl (C=O) groups is 2. The molecule has 0 saturated carbocycles. The summed E-state index contributed by atoms with van der Waals surface area (Å²) in [4.78, 5) is 25.2. The summed E-state index contributed by atoms with van der Waals surface area (Å²) in [6.07, 6.45) is 0.312. The van der Waals surface area contributed by atoms with Crippen LogP contribution in [0.3, 0.4) is 0 Å². The Morgan fingerprint density at radius 3 is 2.89 bits per heavy atom. The van der Waals surface area contributed by atoms with Gasteiger partial charge in [0.2, 0.25) is 0 Å². The highest BCUT2D eigenvalue weighted by atomic mass is 19.1. The number of carbonyl (C=O) groups excluding carboxylic acids is 2. The number of hydrogen-bond acceptors (Lipinski definition) is 3. The summed E-state index contributed by atoms with van der Waals surface area (Å²) in [5.41, 5.74) is 0.168. The lowest BCUT2D eigenvalue weighted by Crippen LogP contribution is -2.45. The van der Waals surface area contributed by atoms with Crippen LogP contribution in [0, 0.1) is 5.82 Å². The summed E-state index contributed by atoms with van der Waals surface area (Å²) in [6.45, 7) is 0.179. The van der Waals surface area contributed by atoms with Gasteiger partial charge < -0.3 is 15.0 Å². The molecule has 1 aromatic rings. The van der Waals surface area contributed by atoms with Gasteiger partial charge in [0.05, 0.1) is 18.2 Å². The lowest BCUT2D eigenvalue weighted by Gasteiger charge is -2.18. The predicted octanol–water partition coefficient (Wildman–Crippen LogP) is 1.43. The fourth-order valence-electron chi connectivity index (χ4n) is 1.86. The molecule has 5 nitrogen and oxygen atoms in total. The summed E-state index contributed by atoms with van der Waals surface area (Å²) < 4.78 is 18.8. The van der Waals surface area contributed by atoms with Crippen molar-refractivity contribution in [2.24, 2.45) is 0 Å².